The monoisotopic (exact) mass is 251 g/mol. The van der Waals surface area contributed by atoms with E-state index >= 15 is 0 Å². The third-order valence-corrected chi connectivity index (χ3v) is 1.96. The third-order valence-electron chi connectivity index (χ3n) is 1.96. The Hall–Kier alpha value is -2.04. The zero-order chi connectivity index (χ0) is 13.8. The lowest BCUT2D eigenvalue weighted by molar-refractivity contribution is 0.0520. The summed E-state index contributed by atoms with van der Waals surface area (Å²) in [6.45, 7) is 5.05. The van der Waals surface area contributed by atoms with Gasteiger partial charge in [0, 0.05) is 5.56 Å². The van der Waals surface area contributed by atoms with Crippen LogP contribution in [0.5, 0.6) is 5.75 Å². The summed E-state index contributed by atoms with van der Waals surface area (Å²) in [7, 11) is 0. The lowest BCUT2D eigenvalue weighted by Gasteiger charge is -2.19. The maximum Gasteiger partial charge on any atom is 0.408 e. The molecule has 0 atom stereocenters. The van der Waals surface area contributed by atoms with E-state index < -0.39 is 11.7 Å². The number of hydrogen-bond donors (Lipinski definition) is 2. The first-order valence-corrected chi connectivity index (χ1v) is 5.57. The Morgan fingerprint density at radius 3 is 2.56 bits per heavy atom. The number of amides is 1. The molecule has 0 aromatic heterocycles. The first kappa shape index (κ1) is 14.0. The number of carbonyl (C=O) groups is 2. The molecule has 0 fully saturated rings. The molecule has 0 aliphatic carbocycles. The predicted molar refractivity (Wildman–Crippen MR) is 66.7 cm³/mol. The first-order chi connectivity index (χ1) is 8.28. The summed E-state index contributed by atoms with van der Waals surface area (Å²) in [5, 5.41) is 11.6. The van der Waals surface area contributed by atoms with Gasteiger partial charge in [-0.1, -0.05) is 12.1 Å². The molecule has 1 aromatic rings. The molecule has 0 aliphatic heterocycles. The van der Waals surface area contributed by atoms with Crippen LogP contribution in [0.3, 0.4) is 0 Å². The molecular weight excluding hydrogens is 234 g/mol. The Bertz CT molecular complexity index is 449. The molecule has 2 N–H and O–H groups in total. The van der Waals surface area contributed by atoms with E-state index in [9.17, 15) is 14.7 Å². The molecule has 98 valence electrons. The summed E-state index contributed by atoms with van der Waals surface area (Å²) in [4.78, 5) is 23.0. The van der Waals surface area contributed by atoms with Gasteiger partial charge in [-0.05, 0) is 32.9 Å². The van der Waals surface area contributed by atoms with Crippen molar-refractivity contribution in [2.45, 2.75) is 26.4 Å². The highest BCUT2D eigenvalue weighted by atomic mass is 16.6. The van der Waals surface area contributed by atoms with Gasteiger partial charge >= 0.3 is 6.09 Å². The van der Waals surface area contributed by atoms with E-state index in [1.807, 2.05) is 0 Å². The molecule has 0 saturated carbocycles. The number of alkyl carbamates (subject to hydrolysis) is 1. The Morgan fingerprint density at radius 2 is 2.00 bits per heavy atom. The maximum absolute atomic E-state index is 11.7. The summed E-state index contributed by atoms with van der Waals surface area (Å²) in [6.07, 6.45) is -0.643. The van der Waals surface area contributed by atoms with Crippen molar-refractivity contribution in [3.63, 3.8) is 0 Å². The minimum Gasteiger partial charge on any atom is -0.508 e. The number of phenolic OH excluding ortho intramolecular Hbond substituents is 1. The lowest BCUT2D eigenvalue weighted by Crippen LogP contribution is -2.35. The highest BCUT2D eigenvalue weighted by Gasteiger charge is 2.16. The Morgan fingerprint density at radius 1 is 1.33 bits per heavy atom. The standard InChI is InChI=1S/C13H17NO4/c1-13(2,3)18-12(17)14-8-11(16)9-5-4-6-10(15)7-9/h4-7,15H,8H2,1-3H3,(H,14,17). The van der Waals surface area contributed by atoms with Crippen molar-refractivity contribution in [2.75, 3.05) is 6.54 Å². The van der Waals surface area contributed by atoms with Gasteiger partial charge in [0.15, 0.2) is 5.78 Å². The quantitative estimate of drug-likeness (QED) is 0.807. The number of Topliss-reactive ketones (excluding diaryl/α,β-unsaturated/α-hetero) is 1. The zero-order valence-corrected chi connectivity index (χ0v) is 10.7. The number of rotatable bonds is 3. The molecule has 0 heterocycles. The number of carbonyl (C=O) groups excluding carboxylic acids is 2. The van der Waals surface area contributed by atoms with Crippen molar-refractivity contribution in [3.8, 4) is 5.75 Å². The Balaban J connectivity index is 2.49. The van der Waals surface area contributed by atoms with E-state index in [2.05, 4.69) is 5.32 Å². The number of phenols is 1. The average Bonchev–Trinajstić information content (AvgIpc) is 2.23. The van der Waals surface area contributed by atoms with E-state index in [-0.39, 0.29) is 18.1 Å². The maximum atomic E-state index is 11.7. The van der Waals surface area contributed by atoms with Gasteiger partial charge in [0.2, 0.25) is 0 Å². The normalized spacial score (nSPS) is 10.8. The predicted octanol–water partition coefficient (Wildman–Crippen LogP) is 2.10. The van der Waals surface area contributed by atoms with Gasteiger partial charge in [0.05, 0.1) is 6.54 Å². The number of ether oxygens (including phenoxy) is 1. The van der Waals surface area contributed by atoms with E-state index in [0.717, 1.165) is 0 Å². The fraction of sp³-hybridized carbons (Fsp3) is 0.385. The molecule has 0 unspecified atom stereocenters. The molecule has 0 bridgehead atoms. The van der Waals surface area contributed by atoms with Crippen molar-refractivity contribution in [1.29, 1.82) is 0 Å². The van der Waals surface area contributed by atoms with Crippen LogP contribution in [0, 0.1) is 0 Å². The topological polar surface area (TPSA) is 75.6 Å². The second kappa shape index (κ2) is 5.53. The van der Waals surface area contributed by atoms with Crippen molar-refractivity contribution in [2.24, 2.45) is 0 Å². The second-order valence-electron chi connectivity index (χ2n) is 4.83. The molecule has 1 rings (SSSR count). The molecule has 0 saturated heterocycles. The first-order valence-electron chi connectivity index (χ1n) is 5.57. The highest BCUT2D eigenvalue weighted by Crippen LogP contribution is 2.11. The van der Waals surface area contributed by atoms with E-state index in [0.29, 0.717) is 5.56 Å². The molecular formula is C13H17NO4. The van der Waals surface area contributed by atoms with Crippen LogP contribution in [0.2, 0.25) is 0 Å². The summed E-state index contributed by atoms with van der Waals surface area (Å²) < 4.78 is 5.00. The van der Waals surface area contributed by atoms with Crippen LogP contribution in [-0.2, 0) is 4.74 Å². The van der Waals surface area contributed by atoms with Crippen LogP contribution in [0.25, 0.3) is 0 Å². The summed E-state index contributed by atoms with van der Waals surface area (Å²) >= 11 is 0. The molecule has 1 amide bonds. The van der Waals surface area contributed by atoms with Gasteiger partial charge in [-0.15, -0.1) is 0 Å². The van der Waals surface area contributed by atoms with Crippen LogP contribution < -0.4 is 5.32 Å². The van der Waals surface area contributed by atoms with Gasteiger partial charge in [-0.3, -0.25) is 4.79 Å². The van der Waals surface area contributed by atoms with Crippen LogP contribution in [0.1, 0.15) is 31.1 Å². The van der Waals surface area contributed by atoms with Gasteiger partial charge in [0.25, 0.3) is 0 Å². The van der Waals surface area contributed by atoms with Crippen molar-refractivity contribution < 1.29 is 19.4 Å². The third kappa shape index (κ3) is 4.86. The summed E-state index contributed by atoms with van der Waals surface area (Å²) in [5.74, 6) is -0.283. The summed E-state index contributed by atoms with van der Waals surface area (Å²) in [5.41, 5.74) is -0.260. The fourth-order valence-corrected chi connectivity index (χ4v) is 1.25. The smallest absolute Gasteiger partial charge is 0.408 e. The molecule has 18 heavy (non-hydrogen) atoms. The molecule has 0 spiro atoms. The second-order valence-corrected chi connectivity index (χ2v) is 4.83. The molecule has 1 aromatic carbocycles. The van der Waals surface area contributed by atoms with Crippen LogP contribution in [-0.4, -0.2) is 29.1 Å². The number of nitrogens with one attached hydrogen (secondary N) is 1. The van der Waals surface area contributed by atoms with Crippen molar-refractivity contribution in [3.05, 3.63) is 29.8 Å². The Labute approximate surface area is 106 Å². The molecule has 5 heteroatoms. The number of hydrogen-bond acceptors (Lipinski definition) is 4. The van der Waals surface area contributed by atoms with Gasteiger partial charge in [0.1, 0.15) is 11.4 Å². The van der Waals surface area contributed by atoms with E-state index in [4.69, 9.17) is 4.74 Å². The van der Waals surface area contributed by atoms with E-state index in [1.54, 1.807) is 32.9 Å². The minimum atomic E-state index is -0.643. The average molecular weight is 251 g/mol. The Kier molecular flexibility index (Phi) is 4.31. The number of ketones is 1. The number of benzene rings is 1. The summed E-state index contributed by atoms with van der Waals surface area (Å²) in [6, 6.07) is 5.95. The molecule has 5 nitrogen and oxygen atoms in total. The minimum absolute atomic E-state index is 0.0121. The van der Waals surface area contributed by atoms with Crippen LogP contribution in [0.15, 0.2) is 24.3 Å². The molecule has 0 radical (unpaired) electrons. The van der Waals surface area contributed by atoms with Crippen molar-refractivity contribution in [1.82, 2.24) is 5.32 Å². The van der Waals surface area contributed by atoms with Gasteiger partial charge in [-0.25, -0.2) is 4.79 Å². The van der Waals surface area contributed by atoms with Gasteiger partial charge < -0.3 is 15.2 Å². The zero-order valence-electron chi connectivity index (χ0n) is 10.7. The van der Waals surface area contributed by atoms with Crippen LogP contribution >= 0.6 is 0 Å². The SMILES string of the molecule is CC(C)(C)OC(=O)NCC(=O)c1cccc(O)c1. The fourth-order valence-electron chi connectivity index (χ4n) is 1.25. The van der Waals surface area contributed by atoms with Gasteiger partial charge in [-0.2, -0.15) is 0 Å². The highest BCUT2D eigenvalue weighted by molar-refractivity contribution is 5.99. The van der Waals surface area contributed by atoms with Crippen molar-refractivity contribution >= 4 is 11.9 Å². The molecule has 0 aliphatic rings. The van der Waals surface area contributed by atoms with Crippen LogP contribution in [0.4, 0.5) is 4.79 Å². The lowest BCUT2D eigenvalue weighted by atomic mass is 10.1. The van der Waals surface area contributed by atoms with E-state index in [1.165, 1.54) is 12.1 Å². The largest absolute Gasteiger partial charge is 0.508 e. The number of aromatic hydroxyl groups is 1.